The summed E-state index contributed by atoms with van der Waals surface area (Å²) in [6, 6.07) is 15.1. The fraction of sp³-hybridized carbons (Fsp3) is 0.300. The lowest BCUT2D eigenvalue weighted by Crippen LogP contribution is -2.31. The molecule has 0 unspecified atom stereocenters. The number of anilines is 1. The van der Waals surface area contributed by atoms with Gasteiger partial charge < -0.3 is 20.3 Å². The smallest absolute Gasteiger partial charge is 0.319 e. The van der Waals surface area contributed by atoms with E-state index in [9.17, 15) is 9.59 Å². The highest BCUT2D eigenvalue weighted by molar-refractivity contribution is 5.91. The summed E-state index contributed by atoms with van der Waals surface area (Å²) in [5, 5.41) is 5.60. The van der Waals surface area contributed by atoms with E-state index in [-0.39, 0.29) is 18.5 Å². The van der Waals surface area contributed by atoms with Crippen molar-refractivity contribution in [2.75, 3.05) is 32.6 Å². The van der Waals surface area contributed by atoms with Gasteiger partial charge >= 0.3 is 6.03 Å². The third-order valence-electron chi connectivity index (χ3n) is 3.78. The highest BCUT2D eigenvalue weighted by Crippen LogP contribution is 2.25. The first-order valence-corrected chi connectivity index (χ1v) is 8.48. The molecule has 0 bridgehead atoms. The molecule has 0 aliphatic heterocycles. The lowest BCUT2D eigenvalue weighted by Gasteiger charge is -2.15. The van der Waals surface area contributed by atoms with Gasteiger partial charge in [-0.15, -0.1) is 0 Å². The van der Waals surface area contributed by atoms with Crippen molar-refractivity contribution in [2.45, 2.75) is 13.3 Å². The van der Waals surface area contributed by atoms with Crippen molar-refractivity contribution in [3.63, 3.8) is 0 Å². The minimum Gasteiger partial charge on any atom is -0.482 e. The number of nitrogens with zero attached hydrogens (tertiary/aromatic N) is 1. The number of urea groups is 1. The Labute approximate surface area is 154 Å². The first-order chi connectivity index (χ1) is 12.5. The Morgan fingerprint density at radius 3 is 2.50 bits per heavy atom. The number of ether oxygens (including phenoxy) is 1. The Bertz CT molecular complexity index is 745. The number of benzene rings is 2. The number of rotatable bonds is 7. The van der Waals surface area contributed by atoms with Gasteiger partial charge in [0.2, 0.25) is 0 Å². The summed E-state index contributed by atoms with van der Waals surface area (Å²) in [5.74, 6) is 0.322. The van der Waals surface area contributed by atoms with Gasteiger partial charge in [-0.1, -0.05) is 36.4 Å². The molecule has 2 aromatic carbocycles. The fourth-order valence-corrected chi connectivity index (χ4v) is 2.25. The van der Waals surface area contributed by atoms with Crippen LogP contribution in [0.1, 0.15) is 11.1 Å². The minimum absolute atomic E-state index is 0.0826. The number of amides is 3. The van der Waals surface area contributed by atoms with Crippen LogP contribution in [0.2, 0.25) is 0 Å². The molecule has 3 amide bonds. The Hall–Kier alpha value is -3.02. The van der Waals surface area contributed by atoms with Crippen LogP contribution in [0.15, 0.2) is 48.5 Å². The molecule has 0 saturated heterocycles. The highest BCUT2D eigenvalue weighted by atomic mass is 16.5. The second-order valence-corrected chi connectivity index (χ2v) is 6.19. The Morgan fingerprint density at radius 1 is 1.08 bits per heavy atom. The zero-order chi connectivity index (χ0) is 18.9. The van der Waals surface area contributed by atoms with E-state index in [1.807, 2.05) is 43.3 Å². The number of hydrogen-bond acceptors (Lipinski definition) is 3. The average Bonchev–Trinajstić information content (AvgIpc) is 2.62. The van der Waals surface area contributed by atoms with Gasteiger partial charge in [-0.2, -0.15) is 0 Å². The first-order valence-electron chi connectivity index (χ1n) is 8.48. The van der Waals surface area contributed by atoms with Crippen molar-refractivity contribution in [1.82, 2.24) is 10.2 Å². The second kappa shape index (κ2) is 9.46. The molecule has 0 spiro atoms. The molecule has 2 rings (SSSR count). The van der Waals surface area contributed by atoms with Crippen LogP contribution in [0, 0.1) is 6.92 Å². The second-order valence-electron chi connectivity index (χ2n) is 6.19. The van der Waals surface area contributed by atoms with Gasteiger partial charge in [0.1, 0.15) is 5.75 Å². The maximum absolute atomic E-state index is 12.1. The maximum Gasteiger partial charge on any atom is 0.319 e. The van der Waals surface area contributed by atoms with Crippen molar-refractivity contribution in [3.05, 3.63) is 59.7 Å². The summed E-state index contributed by atoms with van der Waals surface area (Å²) in [5.41, 5.74) is 2.67. The van der Waals surface area contributed by atoms with Crippen molar-refractivity contribution >= 4 is 17.6 Å². The molecule has 0 atom stereocenters. The molecule has 2 N–H and O–H groups in total. The fourth-order valence-electron chi connectivity index (χ4n) is 2.25. The number of aryl methyl sites for hydroxylation is 1. The molecule has 0 saturated carbocycles. The van der Waals surface area contributed by atoms with Gasteiger partial charge in [0.15, 0.2) is 6.61 Å². The molecular formula is C20H25N3O3. The largest absolute Gasteiger partial charge is 0.482 e. The molecule has 0 fully saturated rings. The van der Waals surface area contributed by atoms with Crippen LogP contribution in [-0.4, -0.2) is 44.1 Å². The maximum atomic E-state index is 12.1. The molecule has 0 heterocycles. The first kappa shape index (κ1) is 19.3. The molecular weight excluding hydrogens is 330 g/mol. The normalized spacial score (nSPS) is 10.1. The van der Waals surface area contributed by atoms with E-state index in [0.29, 0.717) is 18.0 Å². The van der Waals surface area contributed by atoms with E-state index < -0.39 is 0 Å². The molecule has 0 aliphatic rings. The van der Waals surface area contributed by atoms with Crippen molar-refractivity contribution in [3.8, 4) is 5.75 Å². The summed E-state index contributed by atoms with van der Waals surface area (Å²) in [7, 11) is 3.34. The number of carbonyl (C=O) groups excluding carboxylic acids is 2. The van der Waals surface area contributed by atoms with Gasteiger partial charge in [0.05, 0.1) is 5.69 Å². The van der Waals surface area contributed by atoms with E-state index in [0.717, 1.165) is 17.5 Å². The topological polar surface area (TPSA) is 70.7 Å². The van der Waals surface area contributed by atoms with Crippen molar-refractivity contribution < 1.29 is 14.3 Å². The molecule has 138 valence electrons. The number of nitrogens with one attached hydrogen (secondary N) is 2. The van der Waals surface area contributed by atoms with Gasteiger partial charge in [-0.25, -0.2) is 4.79 Å². The predicted molar refractivity (Wildman–Crippen MR) is 103 cm³/mol. The molecule has 26 heavy (non-hydrogen) atoms. The Kier molecular flexibility index (Phi) is 7.02. The van der Waals surface area contributed by atoms with Gasteiger partial charge in [0, 0.05) is 20.6 Å². The van der Waals surface area contributed by atoms with E-state index in [4.69, 9.17) is 4.74 Å². The molecule has 0 aromatic heterocycles. The number of carbonyl (C=O) groups is 2. The molecule has 0 aliphatic carbocycles. The van der Waals surface area contributed by atoms with Crippen LogP contribution in [0.25, 0.3) is 0 Å². The number of hydrogen-bond donors (Lipinski definition) is 2. The monoisotopic (exact) mass is 355 g/mol. The van der Waals surface area contributed by atoms with E-state index in [1.54, 1.807) is 26.2 Å². The summed E-state index contributed by atoms with van der Waals surface area (Å²) in [6.45, 7) is 2.36. The van der Waals surface area contributed by atoms with Gasteiger partial charge in [-0.05, 0) is 36.6 Å². The highest BCUT2D eigenvalue weighted by Gasteiger charge is 2.11. The summed E-state index contributed by atoms with van der Waals surface area (Å²) < 4.78 is 5.58. The van der Waals surface area contributed by atoms with Gasteiger partial charge in [-0.3, -0.25) is 4.79 Å². The van der Waals surface area contributed by atoms with Crippen LogP contribution in [0.5, 0.6) is 5.75 Å². The Balaban J connectivity index is 1.90. The summed E-state index contributed by atoms with van der Waals surface area (Å²) in [6.07, 6.45) is 0.753. The average molecular weight is 355 g/mol. The third-order valence-corrected chi connectivity index (χ3v) is 3.78. The van der Waals surface area contributed by atoms with Crippen molar-refractivity contribution in [2.24, 2.45) is 0 Å². The summed E-state index contributed by atoms with van der Waals surface area (Å²) in [4.78, 5) is 25.3. The quantitative estimate of drug-likeness (QED) is 0.802. The summed E-state index contributed by atoms with van der Waals surface area (Å²) >= 11 is 0. The standard InChI is InChI=1S/C20H25N3O3/c1-15-9-10-17(18(13-15)26-14-19(24)23(2)3)22-20(25)21-12-11-16-7-5-4-6-8-16/h4-10,13H,11-12,14H2,1-3H3,(H2,21,22,25). The van der Waals surface area contributed by atoms with E-state index in [1.165, 1.54) is 4.90 Å². The van der Waals surface area contributed by atoms with Crippen LogP contribution < -0.4 is 15.4 Å². The van der Waals surface area contributed by atoms with Crippen LogP contribution in [0.3, 0.4) is 0 Å². The molecule has 0 radical (unpaired) electrons. The lowest BCUT2D eigenvalue weighted by molar-refractivity contribution is -0.130. The minimum atomic E-state index is -0.312. The molecule has 2 aromatic rings. The zero-order valence-corrected chi connectivity index (χ0v) is 15.4. The third kappa shape index (κ3) is 6.12. The van der Waals surface area contributed by atoms with Crippen LogP contribution >= 0.6 is 0 Å². The SMILES string of the molecule is Cc1ccc(NC(=O)NCCc2ccccc2)c(OCC(=O)N(C)C)c1. The van der Waals surface area contributed by atoms with Gasteiger partial charge in [0.25, 0.3) is 5.91 Å². The van der Waals surface area contributed by atoms with Crippen LogP contribution in [0.4, 0.5) is 10.5 Å². The number of likely N-dealkylation sites (N-methyl/N-ethyl adjacent to an activating group) is 1. The van der Waals surface area contributed by atoms with E-state index in [2.05, 4.69) is 10.6 Å². The Morgan fingerprint density at radius 2 is 1.81 bits per heavy atom. The van der Waals surface area contributed by atoms with Crippen molar-refractivity contribution in [1.29, 1.82) is 0 Å². The van der Waals surface area contributed by atoms with Crippen LogP contribution in [-0.2, 0) is 11.2 Å². The van der Waals surface area contributed by atoms with E-state index >= 15 is 0 Å². The lowest BCUT2D eigenvalue weighted by atomic mass is 10.1. The molecule has 6 nitrogen and oxygen atoms in total. The predicted octanol–water partition coefficient (Wildman–Crippen LogP) is 2.83. The molecule has 6 heteroatoms. The zero-order valence-electron chi connectivity index (χ0n) is 15.4.